The van der Waals surface area contributed by atoms with Crippen molar-refractivity contribution in [1.82, 2.24) is 10.2 Å². The van der Waals surface area contributed by atoms with Gasteiger partial charge in [0.25, 0.3) is 0 Å². The van der Waals surface area contributed by atoms with Crippen LogP contribution in [0.3, 0.4) is 0 Å². The molecule has 4 nitrogen and oxygen atoms in total. The van der Waals surface area contributed by atoms with Crippen LogP contribution >= 0.6 is 0 Å². The third-order valence-electron chi connectivity index (χ3n) is 6.20. The van der Waals surface area contributed by atoms with Crippen molar-refractivity contribution in [3.05, 3.63) is 90.0 Å². The smallest absolute Gasteiger partial charge is 0.217 e. The van der Waals surface area contributed by atoms with Crippen molar-refractivity contribution in [3.8, 4) is 16.9 Å². The molecular weight excluding hydrogens is 384 g/mol. The fourth-order valence-corrected chi connectivity index (χ4v) is 4.65. The normalized spacial score (nSPS) is 15.9. The van der Waals surface area contributed by atoms with E-state index >= 15 is 0 Å². The highest BCUT2D eigenvalue weighted by Gasteiger charge is 2.36. The molecule has 0 spiro atoms. The molecule has 0 atom stereocenters. The maximum Gasteiger partial charge on any atom is 0.217 e. The summed E-state index contributed by atoms with van der Waals surface area (Å²) < 4.78 is 5.54. The zero-order valence-electron chi connectivity index (χ0n) is 18.3. The Morgan fingerprint density at radius 3 is 2.39 bits per heavy atom. The van der Waals surface area contributed by atoms with Gasteiger partial charge in [0.05, 0.1) is 12.6 Å². The van der Waals surface area contributed by atoms with Crippen LogP contribution in [0.4, 0.5) is 0 Å². The number of piperidine rings is 1. The number of benzene rings is 3. The molecule has 1 fully saturated rings. The molecule has 3 aromatic rings. The molecule has 4 heteroatoms. The van der Waals surface area contributed by atoms with E-state index in [1.807, 2.05) is 24.3 Å². The van der Waals surface area contributed by atoms with Gasteiger partial charge in [0.1, 0.15) is 5.75 Å². The quantitative estimate of drug-likeness (QED) is 0.618. The molecule has 160 valence electrons. The number of likely N-dealkylation sites (tertiary alicyclic amines) is 1. The summed E-state index contributed by atoms with van der Waals surface area (Å²) in [5.41, 5.74) is 4.49. The molecule has 0 bridgehead atoms. The predicted octanol–water partition coefficient (Wildman–Crippen LogP) is 4.99. The monoisotopic (exact) mass is 414 g/mol. The van der Waals surface area contributed by atoms with Crippen LogP contribution in [-0.4, -0.2) is 31.0 Å². The van der Waals surface area contributed by atoms with E-state index in [0.29, 0.717) is 0 Å². The highest BCUT2D eigenvalue weighted by atomic mass is 16.5. The molecule has 3 aromatic carbocycles. The van der Waals surface area contributed by atoms with Crippen LogP contribution in [0, 0.1) is 0 Å². The van der Waals surface area contributed by atoms with Gasteiger partial charge in [-0.1, -0.05) is 66.7 Å². The second-order valence-corrected chi connectivity index (χ2v) is 8.31. The maximum atomic E-state index is 12.0. The lowest BCUT2D eigenvalue weighted by Gasteiger charge is -2.42. The zero-order chi connectivity index (χ0) is 21.7. The topological polar surface area (TPSA) is 41.6 Å². The van der Waals surface area contributed by atoms with Gasteiger partial charge in [-0.15, -0.1) is 0 Å². The molecule has 0 radical (unpaired) electrons. The van der Waals surface area contributed by atoms with Gasteiger partial charge in [-0.3, -0.25) is 9.69 Å². The number of amides is 1. The fourth-order valence-electron chi connectivity index (χ4n) is 4.65. The molecule has 1 N–H and O–H groups in total. The van der Waals surface area contributed by atoms with E-state index in [1.54, 1.807) is 14.0 Å². The summed E-state index contributed by atoms with van der Waals surface area (Å²) in [6.45, 7) is 4.39. The molecule has 1 amide bonds. The molecule has 4 rings (SSSR count). The van der Waals surface area contributed by atoms with E-state index in [1.165, 1.54) is 16.7 Å². The number of para-hydroxylation sites is 1. The Morgan fingerprint density at radius 2 is 1.68 bits per heavy atom. The summed E-state index contributed by atoms with van der Waals surface area (Å²) in [7, 11) is 1.71. The number of ether oxygens (including phenoxy) is 1. The van der Waals surface area contributed by atoms with Crippen LogP contribution in [-0.2, 0) is 16.9 Å². The van der Waals surface area contributed by atoms with E-state index in [9.17, 15) is 4.79 Å². The molecule has 1 aliphatic heterocycles. The number of nitrogens with one attached hydrogen (secondary N) is 1. The highest BCUT2D eigenvalue weighted by molar-refractivity contribution is 5.74. The van der Waals surface area contributed by atoms with Crippen LogP contribution < -0.4 is 10.1 Å². The molecular formula is C27H30N2O2. The number of hydrogen-bond acceptors (Lipinski definition) is 3. The van der Waals surface area contributed by atoms with Gasteiger partial charge < -0.3 is 10.1 Å². The number of carbonyl (C=O) groups excluding carboxylic acids is 1. The number of methoxy groups -OCH3 is 1. The van der Waals surface area contributed by atoms with E-state index in [-0.39, 0.29) is 11.4 Å². The van der Waals surface area contributed by atoms with Crippen molar-refractivity contribution >= 4 is 5.91 Å². The minimum Gasteiger partial charge on any atom is -0.496 e. The molecule has 0 aromatic heterocycles. The van der Waals surface area contributed by atoms with E-state index in [0.717, 1.165) is 43.8 Å². The second kappa shape index (κ2) is 9.36. The molecule has 1 saturated heterocycles. The van der Waals surface area contributed by atoms with Gasteiger partial charge in [0.2, 0.25) is 5.91 Å². The van der Waals surface area contributed by atoms with Gasteiger partial charge in [0.15, 0.2) is 0 Å². The van der Waals surface area contributed by atoms with Crippen molar-refractivity contribution in [2.75, 3.05) is 20.2 Å². The lowest BCUT2D eigenvalue weighted by Crippen LogP contribution is -2.52. The zero-order valence-corrected chi connectivity index (χ0v) is 18.3. The first-order chi connectivity index (χ1) is 15.1. The number of carbonyl (C=O) groups is 1. The van der Waals surface area contributed by atoms with E-state index in [2.05, 4.69) is 64.8 Å². The van der Waals surface area contributed by atoms with E-state index in [4.69, 9.17) is 4.74 Å². The second-order valence-electron chi connectivity index (χ2n) is 8.31. The third-order valence-corrected chi connectivity index (χ3v) is 6.20. The van der Waals surface area contributed by atoms with Gasteiger partial charge in [-0.25, -0.2) is 0 Å². The van der Waals surface area contributed by atoms with Crippen LogP contribution in [0.15, 0.2) is 78.9 Å². The maximum absolute atomic E-state index is 12.0. The minimum absolute atomic E-state index is 0.0295. The van der Waals surface area contributed by atoms with Crippen LogP contribution in [0.25, 0.3) is 11.1 Å². The first-order valence-corrected chi connectivity index (χ1v) is 10.9. The third kappa shape index (κ3) is 4.80. The summed E-state index contributed by atoms with van der Waals surface area (Å²) in [4.78, 5) is 14.4. The average molecular weight is 415 g/mol. The standard InChI is InChI=1S/C27H30N2O2/c1-21(30)28-27(24-11-4-3-5-12-24)15-17-29(18-16-27)20-22-9-8-10-23(19-22)25-13-6-7-14-26(25)31-2/h3-14,19H,15-18,20H2,1-2H3,(H,28,30). The Bertz CT molecular complexity index is 1020. The van der Waals surface area contributed by atoms with Crippen LogP contribution in [0.5, 0.6) is 5.75 Å². The van der Waals surface area contributed by atoms with Gasteiger partial charge in [-0.2, -0.15) is 0 Å². The summed E-state index contributed by atoms with van der Waals surface area (Å²) in [6.07, 6.45) is 1.81. The molecule has 0 saturated carbocycles. The Kier molecular flexibility index (Phi) is 6.38. The first-order valence-electron chi connectivity index (χ1n) is 10.9. The highest BCUT2D eigenvalue weighted by Crippen LogP contribution is 2.34. The van der Waals surface area contributed by atoms with Crippen molar-refractivity contribution < 1.29 is 9.53 Å². The predicted molar refractivity (Wildman–Crippen MR) is 125 cm³/mol. The molecule has 1 aliphatic rings. The van der Waals surface area contributed by atoms with Crippen LogP contribution in [0.2, 0.25) is 0 Å². The van der Waals surface area contributed by atoms with Gasteiger partial charge in [-0.05, 0) is 41.7 Å². The van der Waals surface area contributed by atoms with Gasteiger partial charge >= 0.3 is 0 Å². The number of nitrogens with zero attached hydrogens (tertiary/aromatic N) is 1. The summed E-state index contributed by atoms with van der Waals surface area (Å²) in [5.74, 6) is 0.919. The molecule has 1 heterocycles. The largest absolute Gasteiger partial charge is 0.496 e. The summed E-state index contributed by atoms with van der Waals surface area (Å²) in [6, 6.07) is 27.2. The van der Waals surface area contributed by atoms with Crippen molar-refractivity contribution in [3.63, 3.8) is 0 Å². The molecule has 0 aliphatic carbocycles. The van der Waals surface area contributed by atoms with E-state index < -0.39 is 0 Å². The van der Waals surface area contributed by atoms with Crippen molar-refractivity contribution in [2.24, 2.45) is 0 Å². The number of hydrogen-bond donors (Lipinski definition) is 1. The first kappa shape index (κ1) is 21.1. The lowest BCUT2D eigenvalue weighted by atomic mass is 9.80. The Hall–Kier alpha value is -3.11. The van der Waals surface area contributed by atoms with Gasteiger partial charge in [0, 0.05) is 32.1 Å². The summed E-state index contributed by atoms with van der Waals surface area (Å²) >= 11 is 0. The Balaban J connectivity index is 1.48. The van der Waals surface area contributed by atoms with Crippen molar-refractivity contribution in [2.45, 2.75) is 31.8 Å². The Morgan fingerprint density at radius 1 is 0.968 bits per heavy atom. The van der Waals surface area contributed by atoms with Crippen molar-refractivity contribution in [1.29, 1.82) is 0 Å². The molecule has 0 unspecified atom stereocenters. The minimum atomic E-state index is -0.275. The average Bonchev–Trinajstić information content (AvgIpc) is 2.81. The lowest BCUT2D eigenvalue weighted by molar-refractivity contribution is -0.121. The fraction of sp³-hybridized carbons (Fsp3) is 0.296. The molecule has 31 heavy (non-hydrogen) atoms. The number of rotatable bonds is 6. The Labute approximate surface area is 184 Å². The SMILES string of the molecule is COc1ccccc1-c1cccc(CN2CCC(NC(C)=O)(c3ccccc3)CC2)c1. The summed E-state index contributed by atoms with van der Waals surface area (Å²) in [5, 5.41) is 3.26. The van der Waals surface area contributed by atoms with Crippen LogP contribution in [0.1, 0.15) is 30.9 Å².